The topological polar surface area (TPSA) is 38.5 Å². The average molecular weight is 394 g/mol. The Bertz CT molecular complexity index is 603. The lowest BCUT2D eigenvalue weighted by Gasteiger charge is -2.18. The first kappa shape index (κ1) is 14.7. The number of hydrogen-bond acceptors (Lipinski definition) is 3. The van der Waals surface area contributed by atoms with Crippen molar-refractivity contribution in [3.8, 4) is 5.75 Å². The summed E-state index contributed by atoms with van der Waals surface area (Å²) in [5, 5.41) is 0. The Labute approximate surface area is 139 Å². The average Bonchev–Trinajstić information content (AvgIpc) is 2.90. The van der Waals surface area contributed by atoms with Crippen LogP contribution in [0.15, 0.2) is 48.5 Å². The van der Waals surface area contributed by atoms with Crippen LogP contribution in [0.1, 0.15) is 12.0 Å². The van der Waals surface area contributed by atoms with Gasteiger partial charge in [-0.25, -0.2) is 0 Å². The van der Waals surface area contributed by atoms with E-state index < -0.39 is 0 Å². The van der Waals surface area contributed by atoms with E-state index in [1.165, 1.54) is 5.56 Å². The van der Waals surface area contributed by atoms with Crippen molar-refractivity contribution < 1.29 is 4.74 Å². The summed E-state index contributed by atoms with van der Waals surface area (Å²) in [5.41, 5.74) is 8.09. The van der Waals surface area contributed by atoms with Gasteiger partial charge in [-0.1, -0.05) is 30.3 Å². The lowest BCUT2D eigenvalue weighted by molar-refractivity contribution is 0.199. The van der Waals surface area contributed by atoms with Crippen molar-refractivity contribution in [2.45, 2.75) is 19.1 Å². The number of nitrogens with two attached hydrogens (primary N) is 1. The third-order valence-corrected chi connectivity index (χ3v) is 4.41. The molecular formula is C17H19IN2O. The monoisotopic (exact) mass is 394 g/mol. The molecule has 1 saturated heterocycles. The highest BCUT2D eigenvalue weighted by Gasteiger charge is 2.24. The molecule has 2 aromatic carbocycles. The lowest BCUT2D eigenvalue weighted by Crippen LogP contribution is -2.24. The number of rotatable bonds is 4. The first-order valence-electron chi connectivity index (χ1n) is 7.18. The third-order valence-electron chi connectivity index (χ3n) is 3.74. The fourth-order valence-corrected chi connectivity index (χ4v) is 3.20. The molecule has 110 valence electrons. The van der Waals surface area contributed by atoms with Gasteiger partial charge in [0.25, 0.3) is 0 Å². The minimum absolute atomic E-state index is 0.232. The van der Waals surface area contributed by atoms with Crippen LogP contribution in [0.2, 0.25) is 0 Å². The van der Waals surface area contributed by atoms with Gasteiger partial charge in [-0.05, 0) is 52.8 Å². The summed E-state index contributed by atoms with van der Waals surface area (Å²) < 4.78 is 7.19. The number of nitrogen functional groups attached to an aromatic ring is 1. The van der Waals surface area contributed by atoms with E-state index in [1.807, 2.05) is 18.2 Å². The van der Waals surface area contributed by atoms with Crippen molar-refractivity contribution in [2.75, 3.05) is 18.8 Å². The largest absolute Gasteiger partial charge is 0.487 e. The molecule has 0 radical (unpaired) electrons. The van der Waals surface area contributed by atoms with Crippen molar-refractivity contribution in [3.05, 3.63) is 57.7 Å². The lowest BCUT2D eigenvalue weighted by atomic mass is 10.2. The number of anilines is 1. The van der Waals surface area contributed by atoms with Crippen molar-refractivity contribution >= 4 is 28.3 Å². The van der Waals surface area contributed by atoms with Gasteiger partial charge in [0, 0.05) is 23.2 Å². The number of likely N-dealkylation sites (tertiary alicyclic amines) is 1. The van der Waals surface area contributed by atoms with Gasteiger partial charge in [0.15, 0.2) is 0 Å². The van der Waals surface area contributed by atoms with E-state index in [9.17, 15) is 0 Å². The maximum Gasteiger partial charge on any atom is 0.142 e. The van der Waals surface area contributed by atoms with E-state index in [4.69, 9.17) is 10.5 Å². The molecule has 0 amide bonds. The molecule has 1 aliphatic heterocycles. The Morgan fingerprint density at radius 3 is 2.76 bits per heavy atom. The van der Waals surface area contributed by atoms with Crippen molar-refractivity contribution in [1.82, 2.24) is 4.90 Å². The van der Waals surface area contributed by atoms with Crippen LogP contribution in [-0.4, -0.2) is 24.1 Å². The molecule has 2 aromatic rings. The predicted molar refractivity (Wildman–Crippen MR) is 94.3 cm³/mol. The van der Waals surface area contributed by atoms with Crippen LogP contribution in [0.3, 0.4) is 0 Å². The molecule has 0 aromatic heterocycles. The van der Waals surface area contributed by atoms with Crippen molar-refractivity contribution in [3.63, 3.8) is 0 Å². The van der Waals surface area contributed by atoms with Gasteiger partial charge >= 0.3 is 0 Å². The normalized spacial score (nSPS) is 18.8. The third kappa shape index (κ3) is 3.89. The Hall–Kier alpha value is -1.27. The highest BCUT2D eigenvalue weighted by Crippen LogP contribution is 2.26. The van der Waals surface area contributed by atoms with E-state index in [-0.39, 0.29) is 6.10 Å². The Morgan fingerprint density at radius 1 is 1.19 bits per heavy atom. The van der Waals surface area contributed by atoms with Gasteiger partial charge < -0.3 is 10.5 Å². The number of hydrogen-bond donors (Lipinski definition) is 1. The molecule has 4 heteroatoms. The van der Waals surface area contributed by atoms with Gasteiger partial charge in [-0.15, -0.1) is 0 Å². The van der Waals surface area contributed by atoms with Crippen molar-refractivity contribution in [2.24, 2.45) is 0 Å². The molecule has 3 rings (SSSR count). The molecule has 2 N–H and O–H groups in total. The molecule has 21 heavy (non-hydrogen) atoms. The van der Waals surface area contributed by atoms with Crippen LogP contribution < -0.4 is 10.5 Å². The second kappa shape index (κ2) is 6.66. The molecule has 0 aliphatic carbocycles. The fraction of sp³-hybridized carbons (Fsp3) is 0.294. The van der Waals surface area contributed by atoms with Crippen LogP contribution in [0.5, 0.6) is 5.75 Å². The minimum Gasteiger partial charge on any atom is -0.487 e. The van der Waals surface area contributed by atoms with Crippen LogP contribution in [0.4, 0.5) is 5.69 Å². The van der Waals surface area contributed by atoms with Gasteiger partial charge in [0.2, 0.25) is 0 Å². The Morgan fingerprint density at radius 2 is 2.00 bits per heavy atom. The summed E-state index contributed by atoms with van der Waals surface area (Å²) in [6, 6.07) is 16.5. The summed E-state index contributed by atoms with van der Waals surface area (Å²) in [6.07, 6.45) is 1.29. The quantitative estimate of drug-likeness (QED) is 0.637. The molecule has 3 nitrogen and oxygen atoms in total. The molecular weight excluding hydrogens is 375 g/mol. The highest BCUT2D eigenvalue weighted by molar-refractivity contribution is 14.1. The van der Waals surface area contributed by atoms with E-state index in [0.717, 1.165) is 41.1 Å². The maximum absolute atomic E-state index is 6.06. The number of benzene rings is 2. The van der Waals surface area contributed by atoms with Crippen LogP contribution in [-0.2, 0) is 6.54 Å². The molecule has 1 heterocycles. The summed E-state index contributed by atoms with van der Waals surface area (Å²) in [4.78, 5) is 2.43. The first-order chi connectivity index (χ1) is 10.2. The second-order valence-corrected chi connectivity index (χ2v) is 6.68. The maximum atomic E-state index is 6.06. The molecule has 1 fully saturated rings. The van der Waals surface area contributed by atoms with Crippen LogP contribution in [0.25, 0.3) is 0 Å². The summed E-state index contributed by atoms with van der Waals surface area (Å²) in [5.74, 6) is 0.807. The van der Waals surface area contributed by atoms with Crippen molar-refractivity contribution in [1.29, 1.82) is 0 Å². The highest BCUT2D eigenvalue weighted by atomic mass is 127. The van der Waals surface area contributed by atoms with Crippen LogP contribution >= 0.6 is 22.6 Å². The number of halogens is 1. The SMILES string of the molecule is Nc1cc(I)ccc1OC1CCN(Cc2ccccc2)C1. The van der Waals surface area contributed by atoms with E-state index in [1.54, 1.807) is 0 Å². The first-order valence-corrected chi connectivity index (χ1v) is 8.26. The zero-order valence-electron chi connectivity index (χ0n) is 11.8. The molecule has 0 spiro atoms. The Balaban J connectivity index is 1.57. The van der Waals surface area contributed by atoms with Gasteiger partial charge in [-0.2, -0.15) is 0 Å². The zero-order valence-corrected chi connectivity index (χ0v) is 14.0. The summed E-state index contributed by atoms with van der Waals surface area (Å²) >= 11 is 2.26. The van der Waals surface area contributed by atoms with Gasteiger partial charge in [0.05, 0.1) is 5.69 Å². The summed E-state index contributed by atoms with van der Waals surface area (Å²) in [7, 11) is 0. The molecule has 1 atom stereocenters. The molecule has 0 bridgehead atoms. The molecule has 0 saturated carbocycles. The Kier molecular flexibility index (Phi) is 4.65. The summed E-state index contributed by atoms with van der Waals surface area (Å²) in [6.45, 7) is 3.02. The molecule has 1 aliphatic rings. The fourth-order valence-electron chi connectivity index (χ4n) is 2.68. The van der Waals surface area contributed by atoms with Crippen LogP contribution in [0, 0.1) is 3.57 Å². The molecule has 1 unspecified atom stereocenters. The minimum atomic E-state index is 0.232. The second-order valence-electron chi connectivity index (χ2n) is 5.43. The number of ether oxygens (including phenoxy) is 1. The van der Waals surface area contributed by atoms with E-state index >= 15 is 0 Å². The van der Waals surface area contributed by atoms with Gasteiger partial charge in [0.1, 0.15) is 11.9 Å². The zero-order chi connectivity index (χ0) is 14.7. The van der Waals surface area contributed by atoms with E-state index in [0.29, 0.717) is 0 Å². The van der Waals surface area contributed by atoms with E-state index in [2.05, 4.69) is 57.8 Å². The standard InChI is InChI=1S/C17H19IN2O/c18-14-6-7-17(16(19)10-14)21-15-8-9-20(12-15)11-13-4-2-1-3-5-13/h1-7,10,15H,8-9,11-12,19H2. The smallest absolute Gasteiger partial charge is 0.142 e. The van der Waals surface area contributed by atoms with Gasteiger partial charge in [-0.3, -0.25) is 4.90 Å². The predicted octanol–water partition coefficient (Wildman–Crippen LogP) is 3.53. The number of nitrogens with zero attached hydrogens (tertiary/aromatic N) is 1.